The minimum Gasteiger partial charge on any atom is -0.395 e. The van der Waals surface area contributed by atoms with Crippen molar-refractivity contribution in [3.8, 4) is 11.1 Å². The van der Waals surface area contributed by atoms with Gasteiger partial charge in [0.25, 0.3) is 0 Å². The number of imidazole rings is 1. The Balaban J connectivity index is 2.20. The van der Waals surface area contributed by atoms with Crippen LogP contribution in [-0.4, -0.2) is 34.2 Å². The molecule has 5 nitrogen and oxygen atoms in total. The summed E-state index contributed by atoms with van der Waals surface area (Å²) in [5.74, 6) is 0.918. The van der Waals surface area contributed by atoms with E-state index >= 15 is 0 Å². The van der Waals surface area contributed by atoms with Crippen LogP contribution in [0.4, 0.5) is 5.82 Å². The van der Waals surface area contributed by atoms with Crippen molar-refractivity contribution < 1.29 is 5.11 Å². The number of hydrogen-bond donors (Lipinski definition) is 2. The predicted molar refractivity (Wildman–Crippen MR) is 104 cm³/mol. The minimum absolute atomic E-state index is 0.0812. The molecule has 0 aliphatic rings. The highest BCUT2D eigenvalue weighted by molar-refractivity contribution is 6.36. The molecule has 0 saturated carbocycles. The van der Waals surface area contributed by atoms with Gasteiger partial charge in [0.15, 0.2) is 0 Å². The molecule has 0 saturated heterocycles. The van der Waals surface area contributed by atoms with E-state index < -0.39 is 0 Å². The van der Waals surface area contributed by atoms with Crippen LogP contribution in [0.5, 0.6) is 0 Å². The molecule has 3 rings (SSSR count). The number of fused-ring (bicyclic) bond motifs is 1. The van der Waals surface area contributed by atoms with Gasteiger partial charge < -0.3 is 15.7 Å². The van der Waals surface area contributed by atoms with E-state index in [1.807, 2.05) is 41.9 Å². The van der Waals surface area contributed by atoms with Gasteiger partial charge in [0.2, 0.25) is 0 Å². The Hall–Kier alpha value is -1.79. The standard InChI is InChI=1S/C18H20Cl2N4O/c1-2-23(5-6-25)18-10-22-17-7-12(9-21)15(11-24(17)18)14-4-3-13(19)8-16(14)20/h3-4,7-8,10-11,25H,2,5-6,9,21H2,1H3. The third-order valence-electron chi connectivity index (χ3n) is 4.23. The van der Waals surface area contributed by atoms with Crippen molar-refractivity contribution in [1.82, 2.24) is 9.38 Å². The molecule has 0 amide bonds. The van der Waals surface area contributed by atoms with E-state index in [0.29, 0.717) is 23.1 Å². The summed E-state index contributed by atoms with van der Waals surface area (Å²) >= 11 is 12.4. The highest BCUT2D eigenvalue weighted by Gasteiger charge is 2.15. The van der Waals surface area contributed by atoms with Crippen LogP contribution >= 0.6 is 23.2 Å². The number of likely N-dealkylation sites (N-methyl/N-ethyl adjacent to an activating group) is 1. The number of nitrogens with two attached hydrogens (primary N) is 1. The Morgan fingerprint density at radius 3 is 2.68 bits per heavy atom. The summed E-state index contributed by atoms with van der Waals surface area (Å²) < 4.78 is 2.00. The minimum atomic E-state index is 0.0812. The lowest BCUT2D eigenvalue weighted by Gasteiger charge is -2.21. The molecule has 0 aliphatic carbocycles. The molecule has 1 aromatic carbocycles. The molecule has 0 aliphatic heterocycles. The Morgan fingerprint density at radius 1 is 1.24 bits per heavy atom. The largest absolute Gasteiger partial charge is 0.395 e. The van der Waals surface area contributed by atoms with Crippen molar-refractivity contribution in [1.29, 1.82) is 0 Å². The van der Waals surface area contributed by atoms with Crippen LogP contribution in [0.3, 0.4) is 0 Å². The lowest BCUT2D eigenvalue weighted by atomic mass is 10.0. The van der Waals surface area contributed by atoms with Gasteiger partial charge in [0, 0.05) is 47.0 Å². The number of aliphatic hydroxyl groups excluding tert-OH is 1. The van der Waals surface area contributed by atoms with E-state index in [0.717, 1.165) is 34.7 Å². The molecule has 2 heterocycles. The molecule has 0 fully saturated rings. The van der Waals surface area contributed by atoms with Crippen molar-refractivity contribution in [2.45, 2.75) is 13.5 Å². The fourth-order valence-electron chi connectivity index (χ4n) is 2.96. The summed E-state index contributed by atoms with van der Waals surface area (Å²) in [7, 11) is 0. The number of anilines is 1. The second-order valence-corrected chi connectivity index (χ2v) is 6.53. The Morgan fingerprint density at radius 2 is 2.04 bits per heavy atom. The van der Waals surface area contributed by atoms with Crippen molar-refractivity contribution in [2.24, 2.45) is 5.73 Å². The third kappa shape index (κ3) is 3.46. The van der Waals surface area contributed by atoms with E-state index in [4.69, 9.17) is 28.9 Å². The zero-order valence-electron chi connectivity index (χ0n) is 13.9. The average molecular weight is 379 g/mol. The van der Waals surface area contributed by atoms with E-state index in [-0.39, 0.29) is 6.61 Å². The van der Waals surface area contributed by atoms with Crippen LogP contribution in [0.15, 0.2) is 36.7 Å². The molecule has 0 atom stereocenters. The third-order valence-corrected chi connectivity index (χ3v) is 4.78. The number of benzene rings is 1. The van der Waals surface area contributed by atoms with Gasteiger partial charge >= 0.3 is 0 Å². The van der Waals surface area contributed by atoms with Crippen molar-refractivity contribution >= 4 is 34.7 Å². The topological polar surface area (TPSA) is 66.8 Å². The summed E-state index contributed by atoms with van der Waals surface area (Å²) in [4.78, 5) is 6.54. The molecular formula is C18H20Cl2N4O. The lowest BCUT2D eigenvalue weighted by Crippen LogP contribution is -2.27. The summed E-state index contributed by atoms with van der Waals surface area (Å²) in [6, 6.07) is 7.40. The average Bonchev–Trinajstić information content (AvgIpc) is 3.01. The number of pyridine rings is 1. The van der Waals surface area contributed by atoms with E-state index in [9.17, 15) is 5.11 Å². The SMILES string of the molecule is CCN(CCO)c1cnc2cc(CN)c(-c3ccc(Cl)cc3Cl)cn12. The molecule has 0 spiro atoms. The fourth-order valence-corrected chi connectivity index (χ4v) is 3.47. The molecular weight excluding hydrogens is 359 g/mol. The Kier molecular flexibility index (Phi) is 5.49. The summed E-state index contributed by atoms with van der Waals surface area (Å²) in [5.41, 5.74) is 9.53. The summed E-state index contributed by atoms with van der Waals surface area (Å²) in [6.07, 6.45) is 3.80. The maximum absolute atomic E-state index is 9.30. The van der Waals surface area contributed by atoms with Gasteiger partial charge in [-0.05, 0) is 30.7 Å². The van der Waals surface area contributed by atoms with Gasteiger partial charge in [-0.15, -0.1) is 0 Å². The van der Waals surface area contributed by atoms with Crippen LogP contribution < -0.4 is 10.6 Å². The first-order chi connectivity index (χ1) is 12.1. The van der Waals surface area contributed by atoms with Gasteiger partial charge in [0.1, 0.15) is 11.5 Å². The summed E-state index contributed by atoms with van der Waals surface area (Å²) in [6.45, 7) is 3.81. The van der Waals surface area contributed by atoms with Crippen LogP contribution in [0.2, 0.25) is 10.0 Å². The molecule has 25 heavy (non-hydrogen) atoms. The van der Waals surface area contributed by atoms with Crippen molar-refractivity contribution in [3.63, 3.8) is 0 Å². The Bertz CT molecular complexity index is 894. The smallest absolute Gasteiger partial charge is 0.138 e. The number of hydrogen-bond acceptors (Lipinski definition) is 4. The molecule has 2 aromatic heterocycles. The number of halogens is 2. The van der Waals surface area contributed by atoms with Gasteiger partial charge in [-0.3, -0.25) is 4.40 Å². The second-order valence-electron chi connectivity index (χ2n) is 5.69. The first-order valence-electron chi connectivity index (χ1n) is 8.10. The fraction of sp³-hybridized carbons (Fsp3) is 0.278. The number of aliphatic hydroxyl groups is 1. The monoisotopic (exact) mass is 378 g/mol. The molecule has 3 N–H and O–H groups in total. The van der Waals surface area contributed by atoms with Crippen molar-refractivity contribution in [2.75, 3.05) is 24.6 Å². The molecule has 3 aromatic rings. The lowest BCUT2D eigenvalue weighted by molar-refractivity contribution is 0.302. The molecule has 0 bridgehead atoms. The van der Waals surface area contributed by atoms with E-state index in [2.05, 4.69) is 9.88 Å². The second kappa shape index (κ2) is 7.62. The predicted octanol–water partition coefficient (Wildman–Crippen LogP) is 3.59. The first-order valence-corrected chi connectivity index (χ1v) is 8.86. The first kappa shape index (κ1) is 18.0. The normalized spacial score (nSPS) is 11.2. The highest BCUT2D eigenvalue weighted by atomic mass is 35.5. The maximum atomic E-state index is 9.30. The van der Waals surface area contributed by atoms with Crippen LogP contribution in [-0.2, 0) is 6.54 Å². The molecule has 0 radical (unpaired) electrons. The van der Waals surface area contributed by atoms with Gasteiger partial charge in [-0.1, -0.05) is 29.3 Å². The van der Waals surface area contributed by atoms with Crippen LogP contribution in [0.25, 0.3) is 16.8 Å². The zero-order chi connectivity index (χ0) is 18.0. The van der Waals surface area contributed by atoms with Crippen LogP contribution in [0.1, 0.15) is 12.5 Å². The number of rotatable bonds is 6. The van der Waals surface area contributed by atoms with Gasteiger partial charge in [-0.25, -0.2) is 4.98 Å². The van der Waals surface area contributed by atoms with Crippen LogP contribution in [0, 0.1) is 0 Å². The molecule has 7 heteroatoms. The quantitative estimate of drug-likeness (QED) is 0.687. The summed E-state index contributed by atoms with van der Waals surface area (Å²) in [5, 5.41) is 10.5. The highest BCUT2D eigenvalue weighted by Crippen LogP contribution is 2.34. The number of aromatic nitrogens is 2. The number of nitrogens with zero attached hydrogens (tertiary/aromatic N) is 3. The van der Waals surface area contributed by atoms with Crippen molar-refractivity contribution in [3.05, 3.63) is 52.3 Å². The zero-order valence-corrected chi connectivity index (χ0v) is 15.4. The van der Waals surface area contributed by atoms with E-state index in [1.165, 1.54) is 0 Å². The Labute approximate surface area is 156 Å². The van der Waals surface area contributed by atoms with Gasteiger partial charge in [-0.2, -0.15) is 0 Å². The van der Waals surface area contributed by atoms with E-state index in [1.54, 1.807) is 6.07 Å². The molecule has 132 valence electrons. The maximum Gasteiger partial charge on any atom is 0.138 e. The van der Waals surface area contributed by atoms with Gasteiger partial charge in [0.05, 0.1) is 12.8 Å². The molecule has 0 unspecified atom stereocenters.